The number of para-hydroxylation sites is 2. The Hall–Kier alpha value is -5.34. The van der Waals surface area contributed by atoms with Crippen LogP contribution in [0.1, 0.15) is 115 Å². The van der Waals surface area contributed by atoms with Gasteiger partial charge in [-0.25, -0.2) is 0 Å². The Morgan fingerprint density at radius 2 is 0.965 bits per heavy atom. The second kappa shape index (κ2) is 16.3. The fraction of sp³-hybridized carbons (Fsp3) is 0.309. The molecule has 57 heavy (non-hydrogen) atoms. The molecular weight excluding hydrogens is 689 g/mol. The largest absolute Gasteiger partial charge is 0.317 e. The lowest BCUT2D eigenvalue weighted by atomic mass is 9.70. The predicted octanol–water partition coefficient (Wildman–Crippen LogP) is 16.4. The molecule has 0 bridgehead atoms. The summed E-state index contributed by atoms with van der Waals surface area (Å²) in [6.07, 6.45) is 20.5. The van der Waals surface area contributed by atoms with Crippen molar-refractivity contribution < 1.29 is 0 Å². The molecule has 0 atom stereocenters. The first-order valence-electron chi connectivity index (χ1n) is 22.1. The Morgan fingerprint density at radius 1 is 0.456 bits per heavy atom. The van der Waals surface area contributed by atoms with Crippen molar-refractivity contribution in [3.63, 3.8) is 0 Å². The topological polar surface area (TPSA) is 9.86 Å². The first-order valence-corrected chi connectivity index (χ1v) is 22.1. The highest BCUT2D eigenvalue weighted by molar-refractivity contribution is 6.12. The molecule has 2 heterocycles. The molecule has 0 saturated carbocycles. The molecule has 0 amide bonds. The highest BCUT2D eigenvalue weighted by atomic mass is 15.0. The van der Waals surface area contributed by atoms with E-state index in [9.17, 15) is 0 Å². The normalized spacial score (nSPS) is 13.2. The van der Waals surface area contributed by atoms with E-state index in [1.807, 2.05) is 6.20 Å². The molecule has 2 aromatic heterocycles. The van der Waals surface area contributed by atoms with E-state index in [1.54, 1.807) is 11.1 Å². The Morgan fingerprint density at radius 3 is 1.65 bits per heavy atom. The smallest absolute Gasteiger partial charge is 0.0541 e. The van der Waals surface area contributed by atoms with Crippen LogP contribution >= 0.6 is 0 Å². The van der Waals surface area contributed by atoms with E-state index >= 15 is 0 Å². The molecule has 2 heteroatoms. The maximum Gasteiger partial charge on any atom is 0.0541 e. The average Bonchev–Trinajstić information content (AvgIpc) is 3.86. The van der Waals surface area contributed by atoms with Gasteiger partial charge >= 0.3 is 0 Å². The zero-order chi connectivity index (χ0) is 38.8. The van der Waals surface area contributed by atoms with Gasteiger partial charge in [0.2, 0.25) is 0 Å². The number of aromatic nitrogens is 2. The molecule has 0 aliphatic heterocycles. The van der Waals surface area contributed by atoms with Crippen molar-refractivity contribution in [2.45, 2.75) is 109 Å². The van der Waals surface area contributed by atoms with Crippen molar-refractivity contribution >= 4 is 49.8 Å². The van der Waals surface area contributed by atoms with E-state index in [0.717, 1.165) is 0 Å². The molecular formula is C55H58N2. The Balaban J connectivity index is 1.12. The van der Waals surface area contributed by atoms with Crippen LogP contribution in [-0.4, -0.2) is 9.13 Å². The van der Waals surface area contributed by atoms with Gasteiger partial charge in [0.25, 0.3) is 0 Å². The minimum atomic E-state index is 0.0920. The second-order valence-corrected chi connectivity index (χ2v) is 16.8. The number of hydrogen-bond donors (Lipinski definition) is 0. The van der Waals surface area contributed by atoms with E-state index in [4.69, 9.17) is 0 Å². The van der Waals surface area contributed by atoms with Crippen molar-refractivity contribution in [3.05, 3.63) is 145 Å². The van der Waals surface area contributed by atoms with Crippen molar-refractivity contribution in [1.29, 1.82) is 0 Å². The van der Waals surface area contributed by atoms with Crippen molar-refractivity contribution in [1.82, 2.24) is 9.13 Å². The van der Waals surface area contributed by atoms with Gasteiger partial charge < -0.3 is 9.13 Å². The lowest BCUT2D eigenvalue weighted by Crippen LogP contribution is -2.25. The quantitative estimate of drug-likeness (QED) is 0.0821. The minimum absolute atomic E-state index is 0.0920. The average molecular weight is 747 g/mol. The summed E-state index contributed by atoms with van der Waals surface area (Å²) in [7, 11) is 0. The van der Waals surface area contributed by atoms with Crippen molar-refractivity contribution in [2.24, 2.45) is 0 Å². The molecule has 288 valence electrons. The molecule has 0 fully saturated rings. The first kappa shape index (κ1) is 37.2. The number of unbranched alkanes of at least 4 members (excludes halogenated alkanes) is 10. The fourth-order valence-corrected chi connectivity index (χ4v) is 10.5. The van der Waals surface area contributed by atoms with Gasteiger partial charge in [-0.05, 0) is 94.8 Å². The second-order valence-electron chi connectivity index (χ2n) is 16.8. The van der Waals surface area contributed by atoms with E-state index < -0.39 is 0 Å². The van der Waals surface area contributed by atoms with Crippen LogP contribution in [0.15, 0.2) is 134 Å². The summed E-state index contributed by atoms with van der Waals surface area (Å²) in [6.45, 7) is 8.75. The summed E-state index contributed by atoms with van der Waals surface area (Å²) in [6, 6.07) is 48.5. The number of nitrogens with zero attached hydrogens (tertiary/aromatic N) is 2. The molecule has 2 nitrogen and oxygen atoms in total. The SMILES string of the molecule is C=Cn1c2ccccc2c2cc(-c3ccc4c(c3)c3ccccc3n4-c3ccc4c(c3)-c3ccccc3C4(CCCCCCCC)CCCCCCCC)ccc21. The summed E-state index contributed by atoms with van der Waals surface area (Å²) >= 11 is 0. The standard InChI is InChI=1S/C55H58N2/c1-4-7-9-11-13-21-35-55(36-22-14-12-10-8-5-2)49-26-18-15-23-43(49)46-39-42(31-32-50(46)55)57-53-28-20-17-25-45(53)48-38-41(30-34-54(48)57)40-29-33-52-47(37-40)44-24-16-19-27-51(44)56(52)6-3/h6,15-20,23-34,37-39H,3-5,7-14,21-22,35-36H2,1-2H3. The Bertz CT molecular complexity index is 2680. The maximum absolute atomic E-state index is 4.12. The summed E-state index contributed by atoms with van der Waals surface area (Å²) in [5, 5.41) is 5.10. The van der Waals surface area contributed by atoms with Crippen LogP contribution < -0.4 is 0 Å². The fourth-order valence-electron chi connectivity index (χ4n) is 10.5. The summed E-state index contributed by atoms with van der Waals surface area (Å²) in [5.74, 6) is 0. The van der Waals surface area contributed by atoms with Crippen LogP contribution in [0.2, 0.25) is 0 Å². The van der Waals surface area contributed by atoms with Gasteiger partial charge in [-0.1, -0.05) is 176 Å². The van der Waals surface area contributed by atoms with Gasteiger partial charge in [0, 0.05) is 38.8 Å². The number of rotatable bonds is 17. The highest BCUT2D eigenvalue weighted by Crippen LogP contribution is 2.55. The molecule has 8 aromatic rings. The first-order chi connectivity index (χ1) is 28.2. The summed E-state index contributed by atoms with van der Waals surface area (Å²) in [4.78, 5) is 0. The highest BCUT2D eigenvalue weighted by Gasteiger charge is 2.42. The van der Waals surface area contributed by atoms with Crippen LogP contribution in [0.25, 0.3) is 77.8 Å². The summed E-state index contributed by atoms with van der Waals surface area (Å²) < 4.78 is 4.72. The molecule has 1 aliphatic carbocycles. The molecule has 0 spiro atoms. The van der Waals surface area contributed by atoms with Gasteiger partial charge in [-0.15, -0.1) is 0 Å². The van der Waals surface area contributed by atoms with E-state index in [1.165, 1.54) is 161 Å². The minimum Gasteiger partial charge on any atom is -0.317 e. The Kier molecular flexibility index (Phi) is 10.6. The molecule has 9 rings (SSSR count). The number of benzene rings is 6. The van der Waals surface area contributed by atoms with Crippen LogP contribution in [0.4, 0.5) is 0 Å². The molecule has 0 unspecified atom stereocenters. The van der Waals surface area contributed by atoms with Crippen LogP contribution in [0, 0.1) is 0 Å². The summed E-state index contributed by atoms with van der Waals surface area (Å²) in [5.41, 5.74) is 14.7. The number of hydrogen-bond acceptors (Lipinski definition) is 0. The van der Waals surface area contributed by atoms with Crippen LogP contribution in [0.5, 0.6) is 0 Å². The molecule has 0 saturated heterocycles. The molecule has 6 aromatic carbocycles. The van der Waals surface area contributed by atoms with Gasteiger partial charge in [-0.3, -0.25) is 0 Å². The van der Waals surface area contributed by atoms with Crippen molar-refractivity contribution in [3.8, 4) is 27.9 Å². The number of fused-ring (bicyclic) bond motifs is 9. The lowest BCUT2D eigenvalue weighted by molar-refractivity contribution is 0.398. The van der Waals surface area contributed by atoms with Gasteiger partial charge in [0.1, 0.15) is 0 Å². The third-order valence-corrected chi connectivity index (χ3v) is 13.3. The van der Waals surface area contributed by atoms with Gasteiger partial charge in [0.05, 0.1) is 22.1 Å². The molecule has 0 N–H and O–H groups in total. The van der Waals surface area contributed by atoms with Crippen LogP contribution in [0.3, 0.4) is 0 Å². The molecule has 1 aliphatic rings. The van der Waals surface area contributed by atoms with E-state index in [0.29, 0.717) is 0 Å². The molecule has 0 radical (unpaired) electrons. The van der Waals surface area contributed by atoms with E-state index in [2.05, 4.69) is 157 Å². The zero-order valence-electron chi connectivity index (χ0n) is 34.2. The van der Waals surface area contributed by atoms with Crippen molar-refractivity contribution in [2.75, 3.05) is 0 Å². The maximum atomic E-state index is 4.12. The zero-order valence-corrected chi connectivity index (χ0v) is 34.2. The third-order valence-electron chi connectivity index (χ3n) is 13.3. The van der Waals surface area contributed by atoms with Crippen LogP contribution in [-0.2, 0) is 5.41 Å². The monoisotopic (exact) mass is 746 g/mol. The van der Waals surface area contributed by atoms with E-state index in [-0.39, 0.29) is 5.41 Å². The third kappa shape index (κ3) is 6.62. The Labute approximate surface area is 339 Å². The predicted molar refractivity (Wildman–Crippen MR) is 248 cm³/mol. The van der Waals surface area contributed by atoms with Gasteiger partial charge in [-0.2, -0.15) is 0 Å². The van der Waals surface area contributed by atoms with Gasteiger partial charge in [0.15, 0.2) is 0 Å². The lowest BCUT2D eigenvalue weighted by Gasteiger charge is -2.33.